The number of piperidine rings is 1. The van der Waals surface area contributed by atoms with Crippen LogP contribution >= 0.6 is 15.9 Å². The first-order valence-corrected chi connectivity index (χ1v) is 9.46. The fraction of sp³-hybridized carbons (Fsp3) is 0.389. The molecule has 1 amide bonds. The molecule has 5 nitrogen and oxygen atoms in total. The summed E-state index contributed by atoms with van der Waals surface area (Å²) in [4.78, 5) is 21.8. The molecule has 0 spiro atoms. The Kier molecular flexibility index (Phi) is 6.25. The van der Waals surface area contributed by atoms with Gasteiger partial charge in [-0.15, -0.1) is 0 Å². The Morgan fingerprint density at radius 1 is 1.03 bits per heavy atom. The number of ether oxygens (including phenoxy) is 1. The van der Waals surface area contributed by atoms with Gasteiger partial charge in [0.15, 0.2) is 0 Å². The van der Waals surface area contributed by atoms with Crippen molar-refractivity contribution in [1.29, 1.82) is 0 Å². The summed E-state index contributed by atoms with van der Waals surface area (Å²) in [5.41, 5.74) is -3.75. The number of carbonyl (C=O) groups is 1. The predicted molar refractivity (Wildman–Crippen MR) is 95.7 cm³/mol. The zero-order chi connectivity index (χ0) is 22.1. The van der Waals surface area contributed by atoms with E-state index in [2.05, 4.69) is 25.9 Å². The lowest BCUT2D eigenvalue weighted by Gasteiger charge is -2.32. The van der Waals surface area contributed by atoms with Crippen molar-refractivity contribution < 1.29 is 35.9 Å². The highest BCUT2D eigenvalue weighted by atomic mass is 79.9. The number of halogens is 7. The highest BCUT2D eigenvalue weighted by Gasteiger charge is 2.38. The second kappa shape index (κ2) is 8.40. The number of alkyl halides is 6. The molecule has 1 aromatic heterocycles. The average Bonchev–Trinajstić information content (AvgIpc) is 2.68. The van der Waals surface area contributed by atoms with E-state index >= 15 is 0 Å². The molecule has 0 aliphatic carbocycles. The van der Waals surface area contributed by atoms with E-state index in [4.69, 9.17) is 4.74 Å². The Balaban J connectivity index is 1.82. The predicted octanol–water partition coefficient (Wildman–Crippen LogP) is 4.96. The summed E-state index contributed by atoms with van der Waals surface area (Å²) in [5, 5.41) is 0. The standard InChI is InChI=1S/C18H14BrF6N3O2/c19-13-7-26-16(27-8-13)30-14-2-1-3-28(9-14)15(29)10-4-11(17(20,21)22)6-12(5-10)18(23,24)25/h4-8,14H,1-3,9H2. The van der Waals surface area contributed by atoms with E-state index in [0.29, 0.717) is 29.4 Å². The smallest absolute Gasteiger partial charge is 0.416 e. The Labute approximate surface area is 175 Å². The Hall–Kier alpha value is -2.37. The van der Waals surface area contributed by atoms with E-state index in [1.165, 1.54) is 17.3 Å². The third-order valence-electron chi connectivity index (χ3n) is 4.37. The first kappa shape index (κ1) is 22.3. The van der Waals surface area contributed by atoms with Gasteiger partial charge in [-0.2, -0.15) is 26.3 Å². The first-order valence-electron chi connectivity index (χ1n) is 8.66. The minimum atomic E-state index is -5.03. The minimum absolute atomic E-state index is 0.0101. The van der Waals surface area contributed by atoms with Gasteiger partial charge < -0.3 is 9.64 Å². The van der Waals surface area contributed by atoms with Crippen LogP contribution < -0.4 is 4.74 Å². The normalized spacial score (nSPS) is 17.7. The molecule has 3 rings (SSSR count). The molecule has 0 saturated carbocycles. The largest absolute Gasteiger partial charge is 0.458 e. The number of nitrogens with zero attached hydrogens (tertiary/aromatic N) is 3. The monoisotopic (exact) mass is 497 g/mol. The highest BCUT2D eigenvalue weighted by molar-refractivity contribution is 9.10. The van der Waals surface area contributed by atoms with Crippen molar-refractivity contribution in [3.05, 3.63) is 51.8 Å². The summed E-state index contributed by atoms with van der Waals surface area (Å²) in [6.07, 6.45) is -6.70. The minimum Gasteiger partial charge on any atom is -0.458 e. The summed E-state index contributed by atoms with van der Waals surface area (Å²) >= 11 is 3.17. The quantitative estimate of drug-likeness (QED) is 0.562. The zero-order valence-electron chi connectivity index (χ0n) is 15.1. The van der Waals surface area contributed by atoms with Crippen LogP contribution in [-0.4, -0.2) is 40.0 Å². The van der Waals surface area contributed by atoms with Gasteiger partial charge in [0.05, 0.1) is 22.1 Å². The van der Waals surface area contributed by atoms with Crippen molar-refractivity contribution in [3.63, 3.8) is 0 Å². The summed E-state index contributed by atoms with van der Waals surface area (Å²) in [6.45, 7) is 0.160. The summed E-state index contributed by atoms with van der Waals surface area (Å²) < 4.78 is 84.5. The van der Waals surface area contributed by atoms with Crippen LogP contribution in [0.5, 0.6) is 6.01 Å². The lowest BCUT2D eigenvalue weighted by Crippen LogP contribution is -2.44. The third-order valence-corrected chi connectivity index (χ3v) is 4.78. The van der Waals surface area contributed by atoms with Gasteiger partial charge in [-0.3, -0.25) is 4.79 Å². The van der Waals surface area contributed by atoms with E-state index < -0.39 is 41.1 Å². The van der Waals surface area contributed by atoms with E-state index in [9.17, 15) is 31.1 Å². The molecule has 1 saturated heterocycles. The maximum atomic E-state index is 13.0. The van der Waals surface area contributed by atoms with Crippen molar-refractivity contribution in [2.45, 2.75) is 31.3 Å². The summed E-state index contributed by atoms with van der Waals surface area (Å²) in [5.74, 6) is -0.934. The van der Waals surface area contributed by atoms with Gasteiger partial charge in [-0.05, 0) is 47.0 Å². The summed E-state index contributed by atoms with van der Waals surface area (Å²) in [6, 6.07) is 0.903. The molecule has 1 atom stereocenters. The summed E-state index contributed by atoms with van der Waals surface area (Å²) in [7, 11) is 0. The Morgan fingerprint density at radius 2 is 1.60 bits per heavy atom. The fourth-order valence-electron chi connectivity index (χ4n) is 2.99. The second-order valence-corrected chi connectivity index (χ2v) is 7.53. The number of hydrogen-bond acceptors (Lipinski definition) is 4. The molecule has 0 bridgehead atoms. The molecule has 1 unspecified atom stereocenters. The molecule has 0 radical (unpaired) electrons. The van der Waals surface area contributed by atoms with Crippen LogP contribution in [0.4, 0.5) is 26.3 Å². The molecule has 162 valence electrons. The molecule has 1 aromatic carbocycles. The van der Waals surface area contributed by atoms with Crippen LogP contribution in [0.3, 0.4) is 0 Å². The molecule has 12 heteroatoms. The van der Waals surface area contributed by atoms with Crippen LogP contribution in [0.15, 0.2) is 35.1 Å². The Morgan fingerprint density at radius 3 is 2.13 bits per heavy atom. The molecule has 1 aliphatic heterocycles. The fourth-order valence-corrected chi connectivity index (χ4v) is 3.19. The Bertz CT molecular complexity index is 885. The van der Waals surface area contributed by atoms with Gasteiger partial charge in [0.2, 0.25) is 0 Å². The number of aromatic nitrogens is 2. The number of hydrogen-bond donors (Lipinski definition) is 0. The van der Waals surface area contributed by atoms with Gasteiger partial charge in [0.25, 0.3) is 5.91 Å². The topological polar surface area (TPSA) is 55.3 Å². The van der Waals surface area contributed by atoms with Gasteiger partial charge in [0.1, 0.15) is 6.10 Å². The highest BCUT2D eigenvalue weighted by Crippen LogP contribution is 2.36. The lowest BCUT2D eigenvalue weighted by atomic mass is 10.0. The van der Waals surface area contributed by atoms with E-state index in [1.807, 2.05) is 0 Å². The van der Waals surface area contributed by atoms with Crippen molar-refractivity contribution in [1.82, 2.24) is 14.9 Å². The van der Waals surface area contributed by atoms with Crippen LogP contribution in [-0.2, 0) is 12.4 Å². The maximum Gasteiger partial charge on any atom is 0.416 e. The number of carbonyl (C=O) groups excluding carboxylic acids is 1. The van der Waals surface area contributed by atoms with Crippen molar-refractivity contribution >= 4 is 21.8 Å². The molecular weight excluding hydrogens is 484 g/mol. The zero-order valence-corrected chi connectivity index (χ0v) is 16.7. The van der Waals surface area contributed by atoms with Crippen molar-refractivity contribution in [2.75, 3.05) is 13.1 Å². The van der Waals surface area contributed by atoms with Gasteiger partial charge in [-0.25, -0.2) is 9.97 Å². The van der Waals surface area contributed by atoms with Crippen molar-refractivity contribution in [2.24, 2.45) is 0 Å². The number of amides is 1. The first-order chi connectivity index (χ1) is 13.9. The van der Waals surface area contributed by atoms with Crippen LogP contribution in [0.2, 0.25) is 0 Å². The average molecular weight is 498 g/mol. The SMILES string of the molecule is O=C(c1cc(C(F)(F)F)cc(C(F)(F)F)c1)N1CCCC(Oc2ncc(Br)cn2)C1. The van der Waals surface area contributed by atoms with Crippen LogP contribution in [0.25, 0.3) is 0 Å². The molecule has 1 aliphatic rings. The second-order valence-electron chi connectivity index (χ2n) is 6.61. The maximum absolute atomic E-state index is 13.0. The lowest BCUT2D eigenvalue weighted by molar-refractivity contribution is -0.143. The number of likely N-dealkylation sites (tertiary alicyclic amines) is 1. The van der Waals surface area contributed by atoms with Gasteiger partial charge in [-0.1, -0.05) is 0 Å². The van der Waals surface area contributed by atoms with E-state index in [0.717, 1.165) is 0 Å². The van der Waals surface area contributed by atoms with E-state index in [-0.39, 0.29) is 25.2 Å². The third kappa shape index (κ3) is 5.41. The molecule has 2 heterocycles. The molecule has 0 N–H and O–H groups in total. The van der Waals surface area contributed by atoms with Crippen LogP contribution in [0.1, 0.15) is 34.3 Å². The van der Waals surface area contributed by atoms with Gasteiger partial charge >= 0.3 is 18.4 Å². The van der Waals surface area contributed by atoms with Crippen LogP contribution in [0, 0.1) is 0 Å². The number of rotatable bonds is 3. The van der Waals surface area contributed by atoms with Crippen molar-refractivity contribution in [3.8, 4) is 6.01 Å². The molecule has 2 aromatic rings. The molecule has 30 heavy (non-hydrogen) atoms. The molecule has 1 fully saturated rings. The van der Waals surface area contributed by atoms with Gasteiger partial charge in [0, 0.05) is 24.5 Å². The molecular formula is C18H14BrF6N3O2. The number of benzene rings is 1. The van der Waals surface area contributed by atoms with E-state index in [1.54, 1.807) is 0 Å².